The molecule has 0 radical (unpaired) electrons. The number of nitrogens with two attached hydrogens (primary N) is 1. The molecule has 0 unspecified atom stereocenters. The third-order valence-electron chi connectivity index (χ3n) is 2.56. The topological polar surface area (TPSA) is 61.0 Å². The van der Waals surface area contributed by atoms with Crippen molar-refractivity contribution in [2.75, 3.05) is 0 Å². The maximum Gasteiger partial charge on any atom is 0.219 e. The van der Waals surface area contributed by atoms with Gasteiger partial charge in [-0.05, 0) is 18.1 Å². The van der Waals surface area contributed by atoms with Crippen LogP contribution in [-0.4, -0.2) is 9.97 Å². The lowest BCUT2D eigenvalue weighted by Gasteiger charge is -2.08. The van der Waals surface area contributed by atoms with Gasteiger partial charge in [0.2, 0.25) is 5.88 Å². The SMILES string of the molecule is CCCc1cc(CN)cc(Oc2cncc(Cl)c2)n1. The molecule has 5 heteroatoms. The Balaban J connectivity index is 2.26. The zero-order chi connectivity index (χ0) is 13.7. The van der Waals surface area contributed by atoms with Crippen LogP contribution in [0.5, 0.6) is 11.6 Å². The summed E-state index contributed by atoms with van der Waals surface area (Å²) >= 11 is 5.87. The molecule has 100 valence electrons. The highest BCUT2D eigenvalue weighted by Crippen LogP contribution is 2.23. The van der Waals surface area contributed by atoms with Gasteiger partial charge in [-0.3, -0.25) is 4.98 Å². The molecule has 0 amide bonds. The minimum atomic E-state index is 0.462. The van der Waals surface area contributed by atoms with Gasteiger partial charge in [0.1, 0.15) is 5.75 Å². The average molecular weight is 278 g/mol. The van der Waals surface area contributed by atoms with Crippen LogP contribution < -0.4 is 10.5 Å². The van der Waals surface area contributed by atoms with Gasteiger partial charge in [0, 0.05) is 30.6 Å². The summed E-state index contributed by atoms with van der Waals surface area (Å²) in [5.41, 5.74) is 7.67. The van der Waals surface area contributed by atoms with Gasteiger partial charge >= 0.3 is 0 Å². The summed E-state index contributed by atoms with van der Waals surface area (Å²) in [4.78, 5) is 8.42. The van der Waals surface area contributed by atoms with Crippen LogP contribution in [0.1, 0.15) is 24.6 Å². The number of pyridine rings is 2. The van der Waals surface area contributed by atoms with E-state index in [0.717, 1.165) is 24.1 Å². The van der Waals surface area contributed by atoms with Crippen molar-refractivity contribution < 1.29 is 4.74 Å². The first-order valence-corrected chi connectivity index (χ1v) is 6.57. The largest absolute Gasteiger partial charge is 0.437 e. The smallest absolute Gasteiger partial charge is 0.219 e. The second-order valence-electron chi connectivity index (χ2n) is 4.20. The molecule has 0 saturated heterocycles. The van der Waals surface area contributed by atoms with E-state index in [-0.39, 0.29) is 0 Å². The Kier molecular flexibility index (Phi) is 4.71. The molecule has 0 spiro atoms. The summed E-state index contributed by atoms with van der Waals surface area (Å²) in [6.45, 7) is 2.57. The standard InChI is InChI=1S/C14H16ClN3O/c1-2-3-12-4-10(7-16)5-14(18-12)19-13-6-11(15)8-17-9-13/h4-6,8-9H,2-3,7,16H2,1H3. The predicted molar refractivity (Wildman–Crippen MR) is 75.4 cm³/mol. The van der Waals surface area contributed by atoms with Gasteiger partial charge in [0.05, 0.1) is 11.2 Å². The molecule has 0 aliphatic heterocycles. The molecular formula is C14H16ClN3O. The predicted octanol–water partition coefficient (Wildman–Crippen LogP) is 3.33. The van der Waals surface area contributed by atoms with Crippen molar-refractivity contribution in [3.05, 3.63) is 46.9 Å². The first kappa shape index (κ1) is 13.8. The highest BCUT2D eigenvalue weighted by molar-refractivity contribution is 6.30. The van der Waals surface area contributed by atoms with E-state index in [0.29, 0.717) is 23.2 Å². The van der Waals surface area contributed by atoms with Gasteiger partial charge in [0.15, 0.2) is 0 Å². The minimum absolute atomic E-state index is 0.462. The van der Waals surface area contributed by atoms with Crippen molar-refractivity contribution in [3.8, 4) is 11.6 Å². The number of halogens is 1. The molecule has 2 aromatic rings. The lowest BCUT2D eigenvalue weighted by molar-refractivity contribution is 0.457. The monoisotopic (exact) mass is 277 g/mol. The maximum absolute atomic E-state index is 5.87. The Labute approximate surface area is 117 Å². The van der Waals surface area contributed by atoms with Crippen molar-refractivity contribution in [2.24, 2.45) is 5.73 Å². The zero-order valence-electron chi connectivity index (χ0n) is 10.8. The van der Waals surface area contributed by atoms with Crippen LogP contribution in [0.2, 0.25) is 5.02 Å². The highest BCUT2D eigenvalue weighted by atomic mass is 35.5. The third-order valence-corrected chi connectivity index (χ3v) is 2.77. The van der Waals surface area contributed by atoms with Gasteiger partial charge in [-0.15, -0.1) is 0 Å². The van der Waals surface area contributed by atoms with Crippen LogP contribution in [0.25, 0.3) is 0 Å². The lowest BCUT2D eigenvalue weighted by atomic mass is 10.1. The summed E-state index contributed by atoms with van der Waals surface area (Å²) < 4.78 is 5.68. The molecule has 2 aromatic heterocycles. The maximum atomic E-state index is 5.87. The Morgan fingerprint density at radius 1 is 1.26 bits per heavy atom. The van der Waals surface area contributed by atoms with Crippen LogP contribution in [0.4, 0.5) is 0 Å². The Hall–Kier alpha value is -1.65. The van der Waals surface area contributed by atoms with Gasteiger partial charge in [-0.1, -0.05) is 24.9 Å². The van der Waals surface area contributed by atoms with E-state index in [4.69, 9.17) is 22.1 Å². The molecule has 0 aliphatic rings. The van der Waals surface area contributed by atoms with Crippen LogP contribution in [0.15, 0.2) is 30.6 Å². The van der Waals surface area contributed by atoms with Crippen molar-refractivity contribution in [1.82, 2.24) is 9.97 Å². The molecule has 2 N–H and O–H groups in total. The summed E-state index contributed by atoms with van der Waals surface area (Å²) in [6.07, 6.45) is 5.08. The summed E-state index contributed by atoms with van der Waals surface area (Å²) in [6, 6.07) is 5.54. The minimum Gasteiger partial charge on any atom is -0.437 e. The fraction of sp³-hybridized carbons (Fsp3) is 0.286. The summed E-state index contributed by atoms with van der Waals surface area (Å²) in [5.74, 6) is 1.09. The number of hydrogen-bond acceptors (Lipinski definition) is 4. The van der Waals surface area contributed by atoms with E-state index in [9.17, 15) is 0 Å². The quantitative estimate of drug-likeness (QED) is 0.910. The number of hydrogen-bond donors (Lipinski definition) is 1. The van der Waals surface area contributed by atoms with E-state index in [2.05, 4.69) is 16.9 Å². The van der Waals surface area contributed by atoms with E-state index >= 15 is 0 Å². The van der Waals surface area contributed by atoms with Crippen molar-refractivity contribution >= 4 is 11.6 Å². The van der Waals surface area contributed by atoms with Crippen LogP contribution >= 0.6 is 11.6 Å². The number of aryl methyl sites for hydroxylation is 1. The van der Waals surface area contributed by atoms with Crippen molar-refractivity contribution in [1.29, 1.82) is 0 Å². The first-order chi connectivity index (χ1) is 9.21. The number of rotatable bonds is 5. The van der Waals surface area contributed by atoms with E-state index in [1.54, 1.807) is 18.5 Å². The second-order valence-corrected chi connectivity index (χ2v) is 4.64. The molecule has 0 aromatic carbocycles. The second kappa shape index (κ2) is 6.50. The van der Waals surface area contributed by atoms with Gasteiger partial charge < -0.3 is 10.5 Å². The molecule has 4 nitrogen and oxygen atoms in total. The molecule has 0 aliphatic carbocycles. The van der Waals surface area contributed by atoms with Crippen LogP contribution in [0.3, 0.4) is 0 Å². The first-order valence-electron chi connectivity index (χ1n) is 6.19. The Bertz CT molecular complexity index is 560. The number of nitrogens with zero attached hydrogens (tertiary/aromatic N) is 2. The summed E-state index contributed by atoms with van der Waals surface area (Å²) in [7, 11) is 0. The molecule has 0 fully saturated rings. The van der Waals surface area contributed by atoms with Gasteiger partial charge in [0.25, 0.3) is 0 Å². The molecule has 0 atom stereocenters. The molecular weight excluding hydrogens is 262 g/mol. The number of aromatic nitrogens is 2. The van der Waals surface area contributed by atoms with Gasteiger partial charge in [-0.25, -0.2) is 4.98 Å². The average Bonchev–Trinajstić information content (AvgIpc) is 2.39. The highest BCUT2D eigenvalue weighted by Gasteiger charge is 2.05. The van der Waals surface area contributed by atoms with Crippen molar-refractivity contribution in [2.45, 2.75) is 26.3 Å². The van der Waals surface area contributed by atoms with E-state index in [1.807, 2.05) is 12.1 Å². The van der Waals surface area contributed by atoms with Crippen molar-refractivity contribution in [3.63, 3.8) is 0 Å². The molecule has 0 bridgehead atoms. The molecule has 0 saturated carbocycles. The fourth-order valence-electron chi connectivity index (χ4n) is 1.74. The Morgan fingerprint density at radius 3 is 2.79 bits per heavy atom. The lowest BCUT2D eigenvalue weighted by Crippen LogP contribution is -2.01. The fourth-order valence-corrected chi connectivity index (χ4v) is 1.91. The molecule has 2 heterocycles. The third kappa shape index (κ3) is 3.91. The van der Waals surface area contributed by atoms with Crippen LogP contribution in [0, 0.1) is 0 Å². The normalized spacial score (nSPS) is 10.5. The number of ether oxygens (including phenoxy) is 1. The molecule has 19 heavy (non-hydrogen) atoms. The zero-order valence-corrected chi connectivity index (χ0v) is 11.5. The van der Waals surface area contributed by atoms with E-state index in [1.165, 1.54) is 0 Å². The molecule has 2 rings (SSSR count). The Morgan fingerprint density at radius 2 is 2.11 bits per heavy atom. The van der Waals surface area contributed by atoms with Crippen LogP contribution in [-0.2, 0) is 13.0 Å². The summed E-state index contributed by atoms with van der Waals surface area (Å²) in [5, 5.41) is 0.529. The van der Waals surface area contributed by atoms with E-state index < -0.39 is 0 Å². The van der Waals surface area contributed by atoms with Gasteiger partial charge in [-0.2, -0.15) is 0 Å².